The maximum absolute atomic E-state index is 14.6. The van der Waals surface area contributed by atoms with E-state index in [1.165, 1.54) is 4.90 Å². The molecule has 3 atom stereocenters. The van der Waals surface area contributed by atoms with Gasteiger partial charge in [-0.3, -0.25) is 19.3 Å². The molecule has 1 heterocycles. The molecule has 46 heavy (non-hydrogen) atoms. The zero-order valence-corrected chi connectivity index (χ0v) is 27.5. The fraction of sp³-hybridized carbons (Fsp3) is 0.333. The fourth-order valence-corrected chi connectivity index (χ4v) is 5.26. The van der Waals surface area contributed by atoms with E-state index in [1.54, 1.807) is 69.9 Å². The van der Waals surface area contributed by atoms with Crippen LogP contribution in [0.5, 0.6) is 0 Å². The Bertz CT molecular complexity index is 1630. The van der Waals surface area contributed by atoms with Crippen LogP contribution >= 0.6 is 12.6 Å². The Labute approximate surface area is 275 Å². The fourth-order valence-electron chi connectivity index (χ4n) is 5.10. The molecule has 0 radical (unpaired) electrons. The summed E-state index contributed by atoms with van der Waals surface area (Å²) in [4.78, 5) is 56.9. The monoisotopic (exact) mass is 641 g/mol. The van der Waals surface area contributed by atoms with Crippen molar-refractivity contribution in [3.05, 3.63) is 95.6 Å². The number of nitrogens with zero attached hydrogens (tertiary/aromatic N) is 2. The molecule has 0 spiro atoms. The zero-order chi connectivity index (χ0) is 33.4. The number of ether oxygens (including phenoxy) is 2. The van der Waals surface area contributed by atoms with E-state index < -0.39 is 40.9 Å². The molecule has 1 aliphatic heterocycles. The van der Waals surface area contributed by atoms with E-state index in [0.29, 0.717) is 22.5 Å². The Kier molecular flexibility index (Phi) is 11.1. The van der Waals surface area contributed by atoms with Gasteiger partial charge in [0.25, 0.3) is 11.8 Å². The second kappa shape index (κ2) is 15.0. The minimum absolute atomic E-state index is 0.0949. The van der Waals surface area contributed by atoms with Crippen LogP contribution in [0, 0.1) is 11.8 Å². The number of alkyl carbamates (subject to hydrolysis) is 1. The van der Waals surface area contributed by atoms with Gasteiger partial charge in [0.1, 0.15) is 11.6 Å². The van der Waals surface area contributed by atoms with Crippen molar-refractivity contribution in [2.45, 2.75) is 64.0 Å². The number of carbonyl (C=O) groups is 4. The lowest BCUT2D eigenvalue weighted by molar-refractivity contribution is -0.144. The molecule has 240 valence electrons. The number of nitrogens with one attached hydrogen (secondary N) is 1. The molecule has 1 N–H and O–H groups in total. The number of carbonyl (C=O) groups excluding carboxylic acids is 4. The third-order valence-corrected chi connectivity index (χ3v) is 7.34. The van der Waals surface area contributed by atoms with Crippen LogP contribution in [-0.4, -0.2) is 58.8 Å². The summed E-state index contributed by atoms with van der Waals surface area (Å²) in [5.74, 6) is 4.80. The number of hydrogen-bond donors (Lipinski definition) is 2. The third-order valence-electron chi connectivity index (χ3n) is 7.03. The summed E-state index contributed by atoms with van der Waals surface area (Å²) >= 11 is 4.48. The quantitative estimate of drug-likeness (QED) is 0.176. The number of amides is 3. The first-order valence-corrected chi connectivity index (χ1v) is 15.6. The van der Waals surface area contributed by atoms with Crippen LogP contribution in [-0.2, 0) is 19.1 Å². The van der Waals surface area contributed by atoms with Gasteiger partial charge in [-0.1, -0.05) is 60.4 Å². The Balaban J connectivity index is 1.78. The van der Waals surface area contributed by atoms with Crippen molar-refractivity contribution in [2.75, 3.05) is 18.1 Å². The Morgan fingerprint density at radius 3 is 2.28 bits per heavy atom. The molecule has 0 saturated heterocycles. The molecule has 9 nitrogen and oxygen atoms in total. The Morgan fingerprint density at radius 1 is 1.00 bits per heavy atom. The summed E-state index contributed by atoms with van der Waals surface area (Å²) in [6.45, 7) is 9.13. The highest BCUT2D eigenvalue weighted by atomic mass is 32.1. The molecular formula is C36H39N3O6S. The van der Waals surface area contributed by atoms with Gasteiger partial charge in [0, 0.05) is 23.8 Å². The normalized spacial score (nSPS) is 15.9. The highest BCUT2D eigenvalue weighted by Gasteiger charge is 2.43. The van der Waals surface area contributed by atoms with E-state index in [-0.39, 0.29) is 31.0 Å². The summed E-state index contributed by atoms with van der Waals surface area (Å²) in [5.41, 5.74) is 1.73. The maximum atomic E-state index is 14.6. The predicted octanol–water partition coefficient (Wildman–Crippen LogP) is 6.06. The van der Waals surface area contributed by atoms with Gasteiger partial charge in [-0.15, -0.1) is 0 Å². The van der Waals surface area contributed by atoms with E-state index in [0.717, 1.165) is 0 Å². The van der Waals surface area contributed by atoms with E-state index in [4.69, 9.17) is 9.47 Å². The second-order valence-electron chi connectivity index (χ2n) is 11.8. The molecule has 10 heteroatoms. The van der Waals surface area contributed by atoms with Crippen LogP contribution in [0.3, 0.4) is 0 Å². The van der Waals surface area contributed by atoms with Crippen molar-refractivity contribution in [1.82, 2.24) is 10.2 Å². The molecule has 1 aliphatic rings. The van der Waals surface area contributed by atoms with Crippen LogP contribution in [0.4, 0.5) is 16.2 Å². The summed E-state index contributed by atoms with van der Waals surface area (Å²) < 4.78 is 10.5. The van der Waals surface area contributed by atoms with Crippen molar-refractivity contribution in [3.63, 3.8) is 0 Å². The van der Waals surface area contributed by atoms with E-state index in [1.807, 2.05) is 48.5 Å². The summed E-state index contributed by atoms with van der Waals surface area (Å²) in [5, 5.41) is 2.13. The summed E-state index contributed by atoms with van der Waals surface area (Å²) in [6, 6.07) is 21.6. The second-order valence-corrected chi connectivity index (χ2v) is 12.4. The van der Waals surface area contributed by atoms with Crippen LogP contribution in [0.25, 0.3) is 0 Å². The van der Waals surface area contributed by atoms with Gasteiger partial charge in [-0.2, -0.15) is 12.6 Å². The van der Waals surface area contributed by atoms with Crippen molar-refractivity contribution in [1.29, 1.82) is 0 Å². The molecule has 4 rings (SSSR count). The number of esters is 1. The first-order chi connectivity index (χ1) is 21.9. The maximum Gasteiger partial charge on any atom is 0.407 e. The average Bonchev–Trinajstić information content (AvgIpc) is 3.10. The molecule has 3 aromatic carbocycles. The number of anilines is 2. The van der Waals surface area contributed by atoms with Crippen molar-refractivity contribution < 1.29 is 28.7 Å². The lowest BCUT2D eigenvalue weighted by atomic mass is 10.0. The van der Waals surface area contributed by atoms with Gasteiger partial charge in [-0.05, 0) is 70.5 Å². The third kappa shape index (κ3) is 8.49. The first kappa shape index (κ1) is 34.1. The van der Waals surface area contributed by atoms with E-state index >= 15 is 0 Å². The highest BCUT2D eigenvalue weighted by Crippen LogP contribution is 2.40. The van der Waals surface area contributed by atoms with Gasteiger partial charge in [0.2, 0.25) is 0 Å². The highest BCUT2D eigenvalue weighted by molar-refractivity contribution is 7.81. The lowest BCUT2D eigenvalue weighted by Gasteiger charge is -2.35. The number of thiol groups is 1. The average molecular weight is 642 g/mol. The molecule has 0 saturated carbocycles. The van der Waals surface area contributed by atoms with Crippen LogP contribution in [0.2, 0.25) is 0 Å². The van der Waals surface area contributed by atoms with E-state index in [9.17, 15) is 19.2 Å². The van der Waals surface area contributed by atoms with Gasteiger partial charge in [0.15, 0.2) is 0 Å². The number of rotatable bonds is 8. The molecule has 0 aromatic heterocycles. The smallest absolute Gasteiger partial charge is 0.407 e. The number of benzene rings is 3. The van der Waals surface area contributed by atoms with Gasteiger partial charge < -0.3 is 19.7 Å². The molecule has 3 amide bonds. The molecule has 0 bridgehead atoms. The largest absolute Gasteiger partial charge is 0.466 e. The molecule has 0 fully saturated rings. The molecule has 3 aromatic rings. The SMILES string of the molecule is CCOC(=O)CC(C)N1C(=O)c2cc(C#CC(S)CNC(=O)OC(C)(C)C)ccc2N(c2ccccc2)C(=O)C1c1ccccc1. The van der Waals surface area contributed by atoms with E-state index in [2.05, 4.69) is 29.8 Å². The molecule has 0 aliphatic carbocycles. The predicted molar refractivity (Wildman–Crippen MR) is 180 cm³/mol. The van der Waals surface area contributed by atoms with Crippen LogP contribution < -0.4 is 10.2 Å². The van der Waals surface area contributed by atoms with Crippen molar-refractivity contribution >= 4 is 47.9 Å². The Morgan fingerprint density at radius 2 is 1.65 bits per heavy atom. The number of fused-ring (bicyclic) bond motifs is 1. The zero-order valence-electron chi connectivity index (χ0n) is 26.7. The standard InChI is InChI=1S/C36H39N3O6S/c1-6-44-31(40)21-24(2)38-32(26-13-9-7-10-14-26)34(42)39(27-15-11-8-12-16-27)30-20-18-25(22-29(30)33(38)41)17-19-28(46)23-37-35(43)45-36(3,4)5/h7-16,18,20,22,24,28,32,46H,6,21,23H2,1-5H3,(H,37,43). The lowest BCUT2D eigenvalue weighted by Crippen LogP contribution is -2.46. The molecular weight excluding hydrogens is 602 g/mol. The molecule has 3 unspecified atom stereocenters. The minimum atomic E-state index is -1.03. The van der Waals surface area contributed by atoms with Gasteiger partial charge >= 0.3 is 12.1 Å². The van der Waals surface area contributed by atoms with Gasteiger partial charge in [-0.25, -0.2) is 4.79 Å². The van der Waals surface area contributed by atoms with Crippen LogP contribution in [0.15, 0.2) is 78.9 Å². The number of hydrogen-bond acceptors (Lipinski definition) is 7. The van der Waals surface area contributed by atoms with Crippen LogP contribution in [0.1, 0.15) is 68.6 Å². The van der Waals surface area contributed by atoms with Crippen molar-refractivity contribution in [3.8, 4) is 11.8 Å². The topological polar surface area (TPSA) is 105 Å². The number of para-hydroxylation sites is 1. The summed E-state index contributed by atoms with van der Waals surface area (Å²) in [7, 11) is 0. The summed E-state index contributed by atoms with van der Waals surface area (Å²) in [6.07, 6.45) is -0.665. The van der Waals surface area contributed by atoms with Gasteiger partial charge in [0.05, 0.1) is 29.5 Å². The first-order valence-electron chi connectivity index (χ1n) is 15.1. The minimum Gasteiger partial charge on any atom is -0.466 e. The van der Waals surface area contributed by atoms with Crippen molar-refractivity contribution in [2.24, 2.45) is 0 Å². The Hall–Kier alpha value is -4.75.